The molecule has 0 amide bonds. The molecule has 0 aliphatic heterocycles. The molecule has 2 aliphatic carbocycles. The fourth-order valence-corrected chi connectivity index (χ4v) is 4.02. The maximum atomic E-state index is 12.4. The van der Waals surface area contributed by atoms with Crippen LogP contribution < -0.4 is 5.73 Å². The Morgan fingerprint density at radius 1 is 1.30 bits per heavy atom. The Morgan fingerprint density at radius 2 is 1.91 bits per heavy atom. The van der Waals surface area contributed by atoms with E-state index in [0.717, 1.165) is 16.7 Å². The summed E-state index contributed by atoms with van der Waals surface area (Å²) in [6.45, 7) is 4.16. The number of fused-ring (bicyclic) bond motifs is 1. The molecule has 0 spiro atoms. The van der Waals surface area contributed by atoms with Gasteiger partial charge in [0.15, 0.2) is 0 Å². The Morgan fingerprint density at radius 3 is 2.43 bits per heavy atom. The third kappa shape index (κ3) is 3.08. The van der Waals surface area contributed by atoms with E-state index < -0.39 is 23.4 Å². The van der Waals surface area contributed by atoms with E-state index in [-0.39, 0.29) is 30.8 Å². The Balaban J connectivity index is 0.00000192. The molecule has 126 valence electrons. The summed E-state index contributed by atoms with van der Waals surface area (Å²) in [6.07, 6.45) is 1.20. The molecule has 3 rings (SSSR count). The number of carboxylic acid groups (broad SMARTS) is 1. The molecular formula is C17H22ClNO4. The van der Waals surface area contributed by atoms with Crippen molar-refractivity contribution in [3.05, 3.63) is 34.9 Å². The lowest BCUT2D eigenvalue weighted by Gasteiger charge is -2.24. The summed E-state index contributed by atoms with van der Waals surface area (Å²) < 4.78 is 5.39. The van der Waals surface area contributed by atoms with Gasteiger partial charge in [-0.15, -0.1) is 12.4 Å². The van der Waals surface area contributed by atoms with Crippen LogP contribution in [0.15, 0.2) is 18.2 Å². The smallest absolute Gasteiger partial charge is 0.326 e. The second-order valence-electron chi connectivity index (χ2n) is 6.70. The van der Waals surface area contributed by atoms with Crippen molar-refractivity contribution in [1.29, 1.82) is 0 Å². The van der Waals surface area contributed by atoms with Crippen LogP contribution in [0.3, 0.4) is 0 Å². The van der Waals surface area contributed by atoms with Gasteiger partial charge in [0, 0.05) is 5.92 Å². The first-order valence-corrected chi connectivity index (χ1v) is 7.59. The molecule has 5 nitrogen and oxygen atoms in total. The monoisotopic (exact) mass is 339 g/mol. The second kappa shape index (κ2) is 6.13. The number of carbonyl (C=O) groups excluding carboxylic acids is 1. The Kier molecular flexibility index (Phi) is 4.74. The van der Waals surface area contributed by atoms with Crippen molar-refractivity contribution in [2.75, 3.05) is 0 Å². The molecule has 0 aromatic heterocycles. The lowest BCUT2D eigenvalue weighted by molar-refractivity contribution is -0.153. The number of aliphatic carboxylic acids is 1. The number of hydrogen-bond acceptors (Lipinski definition) is 4. The van der Waals surface area contributed by atoms with Crippen LogP contribution in [-0.4, -0.2) is 22.6 Å². The first-order chi connectivity index (χ1) is 10.3. The fourth-order valence-electron chi connectivity index (χ4n) is 4.02. The van der Waals surface area contributed by atoms with Crippen molar-refractivity contribution in [2.45, 2.75) is 38.8 Å². The SMILES string of the molecule is Cc1cc(C)cc(COC(=O)[C@]2(N)CC[C@H]3[C@H](C(=O)O)[C@H]32)c1.Cl. The van der Waals surface area contributed by atoms with E-state index in [4.69, 9.17) is 15.6 Å². The zero-order valence-electron chi connectivity index (χ0n) is 13.2. The van der Waals surface area contributed by atoms with E-state index in [1.807, 2.05) is 26.0 Å². The number of aryl methyl sites for hydroxylation is 2. The van der Waals surface area contributed by atoms with Gasteiger partial charge in [0.25, 0.3) is 0 Å². The zero-order valence-corrected chi connectivity index (χ0v) is 14.1. The third-order valence-corrected chi connectivity index (χ3v) is 4.97. The van der Waals surface area contributed by atoms with Crippen LogP contribution in [0.5, 0.6) is 0 Å². The predicted molar refractivity (Wildman–Crippen MR) is 87.2 cm³/mol. The van der Waals surface area contributed by atoms with Crippen molar-refractivity contribution in [3.8, 4) is 0 Å². The molecule has 2 aliphatic rings. The molecule has 0 heterocycles. The minimum absolute atomic E-state index is 0. The van der Waals surface area contributed by atoms with Crippen molar-refractivity contribution in [3.63, 3.8) is 0 Å². The van der Waals surface area contributed by atoms with Gasteiger partial charge in [-0.3, -0.25) is 9.59 Å². The molecule has 23 heavy (non-hydrogen) atoms. The van der Waals surface area contributed by atoms with Gasteiger partial charge in [-0.2, -0.15) is 0 Å². The highest BCUT2D eigenvalue weighted by atomic mass is 35.5. The number of esters is 1. The number of hydrogen-bond donors (Lipinski definition) is 2. The fraction of sp³-hybridized carbons (Fsp3) is 0.529. The highest BCUT2D eigenvalue weighted by molar-refractivity contribution is 5.86. The normalized spacial score (nSPS) is 31.0. The molecule has 3 N–H and O–H groups in total. The summed E-state index contributed by atoms with van der Waals surface area (Å²) in [7, 11) is 0. The average Bonchev–Trinajstić information content (AvgIpc) is 3.08. The van der Waals surface area contributed by atoms with Crippen molar-refractivity contribution < 1.29 is 19.4 Å². The Labute approximate surface area is 141 Å². The number of halogens is 1. The summed E-state index contributed by atoms with van der Waals surface area (Å²) in [5, 5.41) is 9.13. The Bertz CT molecular complexity index is 627. The molecule has 2 fully saturated rings. The molecule has 4 atom stereocenters. The molecule has 2 saturated carbocycles. The van der Waals surface area contributed by atoms with Crippen LogP contribution in [-0.2, 0) is 20.9 Å². The Hall–Kier alpha value is -1.59. The minimum Gasteiger partial charge on any atom is -0.481 e. The molecule has 0 saturated heterocycles. The maximum absolute atomic E-state index is 12.4. The number of nitrogens with two attached hydrogens (primary N) is 1. The van der Waals surface area contributed by atoms with Gasteiger partial charge in [-0.05, 0) is 38.2 Å². The lowest BCUT2D eigenvalue weighted by Crippen LogP contribution is -2.50. The largest absolute Gasteiger partial charge is 0.481 e. The van der Waals surface area contributed by atoms with Gasteiger partial charge in [-0.1, -0.05) is 29.3 Å². The predicted octanol–water partition coefficient (Wildman–Crippen LogP) is 2.21. The third-order valence-electron chi connectivity index (χ3n) is 4.97. The molecule has 1 aromatic carbocycles. The van der Waals surface area contributed by atoms with Crippen LogP contribution in [0.2, 0.25) is 0 Å². The van der Waals surface area contributed by atoms with Crippen LogP contribution in [0, 0.1) is 31.6 Å². The summed E-state index contributed by atoms with van der Waals surface area (Å²) in [6, 6.07) is 6.00. The summed E-state index contributed by atoms with van der Waals surface area (Å²) in [5.41, 5.74) is 8.22. The van der Waals surface area contributed by atoms with Gasteiger partial charge in [0.1, 0.15) is 12.1 Å². The average molecular weight is 340 g/mol. The number of benzene rings is 1. The first-order valence-electron chi connectivity index (χ1n) is 7.59. The molecular weight excluding hydrogens is 318 g/mol. The van der Waals surface area contributed by atoms with E-state index in [1.165, 1.54) is 0 Å². The quantitative estimate of drug-likeness (QED) is 0.821. The van der Waals surface area contributed by atoms with E-state index in [0.29, 0.717) is 12.8 Å². The number of rotatable bonds is 4. The number of carbonyl (C=O) groups is 2. The summed E-state index contributed by atoms with van der Waals surface area (Å²) in [5.74, 6) is -2.03. The van der Waals surface area contributed by atoms with Crippen LogP contribution >= 0.6 is 12.4 Å². The summed E-state index contributed by atoms with van der Waals surface area (Å²) in [4.78, 5) is 23.5. The molecule has 0 unspecified atom stereocenters. The van der Waals surface area contributed by atoms with Crippen molar-refractivity contribution in [1.82, 2.24) is 0 Å². The van der Waals surface area contributed by atoms with Crippen molar-refractivity contribution >= 4 is 24.3 Å². The van der Waals surface area contributed by atoms with Crippen LogP contribution in [0.4, 0.5) is 0 Å². The van der Waals surface area contributed by atoms with Crippen LogP contribution in [0.25, 0.3) is 0 Å². The number of ether oxygens (including phenoxy) is 1. The molecule has 6 heteroatoms. The van der Waals surface area contributed by atoms with E-state index in [2.05, 4.69) is 6.07 Å². The van der Waals surface area contributed by atoms with Gasteiger partial charge in [0.2, 0.25) is 0 Å². The maximum Gasteiger partial charge on any atom is 0.326 e. The van der Waals surface area contributed by atoms with E-state index >= 15 is 0 Å². The lowest BCUT2D eigenvalue weighted by atomic mass is 9.91. The topological polar surface area (TPSA) is 89.6 Å². The highest BCUT2D eigenvalue weighted by Gasteiger charge is 2.70. The minimum atomic E-state index is -1.13. The number of carboxylic acids is 1. The van der Waals surface area contributed by atoms with E-state index in [9.17, 15) is 9.59 Å². The van der Waals surface area contributed by atoms with Crippen LogP contribution in [0.1, 0.15) is 29.5 Å². The molecule has 0 bridgehead atoms. The first kappa shape index (κ1) is 17.8. The van der Waals surface area contributed by atoms with Gasteiger partial charge in [-0.25, -0.2) is 0 Å². The van der Waals surface area contributed by atoms with E-state index in [1.54, 1.807) is 0 Å². The second-order valence-corrected chi connectivity index (χ2v) is 6.70. The standard InChI is InChI=1S/C17H21NO4.ClH/c1-9-5-10(2)7-11(6-9)8-22-16(21)17(18)4-3-12-13(14(12)17)15(19)20;/h5-7,12-14H,3-4,8,18H2,1-2H3,(H,19,20);1H/t12-,13-,14-,17-;/m0./s1. The zero-order chi connectivity index (χ0) is 16.1. The van der Waals surface area contributed by atoms with Gasteiger partial charge < -0.3 is 15.6 Å². The summed E-state index contributed by atoms with van der Waals surface area (Å²) >= 11 is 0. The van der Waals surface area contributed by atoms with Crippen molar-refractivity contribution in [2.24, 2.45) is 23.5 Å². The van der Waals surface area contributed by atoms with Gasteiger partial charge in [0.05, 0.1) is 5.92 Å². The molecule has 0 radical (unpaired) electrons. The van der Waals surface area contributed by atoms with Gasteiger partial charge >= 0.3 is 11.9 Å². The highest BCUT2D eigenvalue weighted by Crippen LogP contribution is 2.61. The molecule has 1 aromatic rings.